The molecule has 1 aromatic rings. The van der Waals surface area contributed by atoms with Crippen molar-refractivity contribution in [3.63, 3.8) is 0 Å². The van der Waals surface area contributed by atoms with Gasteiger partial charge in [0.15, 0.2) is 11.5 Å². The minimum absolute atomic E-state index is 0.00577. The average molecular weight is 331 g/mol. The third kappa shape index (κ3) is 3.23. The van der Waals surface area contributed by atoms with Crippen molar-refractivity contribution < 1.29 is 9.53 Å². The lowest BCUT2D eigenvalue weighted by molar-refractivity contribution is 0.0185. The highest BCUT2D eigenvalue weighted by molar-refractivity contribution is 5.92. The number of hydrogen-bond acceptors (Lipinski definition) is 6. The molecule has 1 atom stereocenters. The highest BCUT2D eigenvalue weighted by Gasteiger charge is 2.32. The van der Waals surface area contributed by atoms with Gasteiger partial charge in [-0.15, -0.1) is 10.2 Å². The van der Waals surface area contributed by atoms with Crippen molar-refractivity contribution >= 4 is 11.7 Å². The van der Waals surface area contributed by atoms with Gasteiger partial charge in [-0.3, -0.25) is 9.69 Å². The van der Waals surface area contributed by atoms with Crippen molar-refractivity contribution in [1.82, 2.24) is 20.0 Å². The Morgan fingerprint density at radius 3 is 2.54 bits per heavy atom. The van der Waals surface area contributed by atoms with Gasteiger partial charge in [-0.05, 0) is 31.4 Å². The van der Waals surface area contributed by atoms with E-state index in [9.17, 15) is 4.79 Å². The fourth-order valence-corrected chi connectivity index (χ4v) is 3.88. The van der Waals surface area contributed by atoms with E-state index in [2.05, 4.69) is 20.0 Å². The van der Waals surface area contributed by atoms with E-state index in [-0.39, 0.29) is 5.91 Å². The Morgan fingerprint density at radius 1 is 1.04 bits per heavy atom. The molecule has 0 radical (unpaired) electrons. The number of anilines is 1. The molecule has 4 heterocycles. The molecule has 4 rings (SSSR count). The van der Waals surface area contributed by atoms with Gasteiger partial charge in [0, 0.05) is 45.3 Å². The summed E-state index contributed by atoms with van der Waals surface area (Å²) in [6.45, 7) is 7.20. The van der Waals surface area contributed by atoms with Gasteiger partial charge in [-0.1, -0.05) is 0 Å². The van der Waals surface area contributed by atoms with E-state index in [0.29, 0.717) is 11.7 Å². The third-order valence-electron chi connectivity index (χ3n) is 5.31. The summed E-state index contributed by atoms with van der Waals surface area (Å²) in [6, 6.07) is 4.21. The molecule has 1 amide bonds. The standard InChI is InChI=1S/C17H25N5O2/c23-17(15-3-4-16(19-18-15)21-6-1-2-7-21)22-8-5-14(13-22)20-9-11-24-12-10-20/h3-4,14H,1-2,5-13H2/t14-/m0/s1. The molecule has 3 fully saturated rings. The normalized spacial score (nSPS) is 25.4. The van der Waals surface area contributed by atoms with Crippen LogP contribution in [0.25, 0.3) is 0 Å². The van der Waals surface area contributed by atoms with Crippen LogP contribution in [0.15, 0.2) is 12.1 Å². The van der Waals surface area contributed by atoms with Crippen LogP contribution in [-0.2, 0) is 4.74 Å². The summed E-state index contributed by atoms with van der Waals surface area (Å²) < 4.78 is 5.41. The predicted molar refractivity (Wildman–Crippen MR) is 90.2 cm³/mol. The van der Waals surface area contributed by atoms with Gasteiger partial charge in [0.25, 0.3) is 5.91 Å². The van der Waals surface area contributed by atoms with Crippen LogP contribution in [0.2, 0.25) is 0 Å². The highest BCUT2D eigenvalue weighted by Crippen LogP contribution is 2.20. The van der Waals surface area contributed by atoms with Crippen LogP contribution in [-0.4, -0.2) is 84.4 Å². The van der Waals surface area contributed by atoms with Crippen LogP contribution in [0, 0.1) is 0 Å². The zero-order valence-corrected chi connectivity index (χ0v) is 14.1. The number of hydrogen-bond donors (Lipinski definition) is 0. The molecule has 3 saturated heterocycles. The Hall–Kier alpha value is -1.73. The van der Waals surface area contributed by atoms with Crippen LogP contribution in [0.3, 0.4) is 0 Å². The second-order valence-corrected chi connectivity index (χ2v) is 6.81. The molecule has 7 nitrogen and oxygen atoms in total. The van der Waals surface area contributed by atoms with Gasteiger partial charge in [-0.2, -0.15) is 0 Å². The van der Waals surface area contributed by atoms with Crippen molar-refractivity contribution in [1.29, 1.82) is 0 Å². The fourth-order valence-electron chi connectivity index (χ4n) is 3.88. The van der Waals surface area contributed by atoms with Crippen molar-refractivity contribution in [2.45, 2.75) is 25.3 Å². The minimum Gasteiger partial charge on any atom is -0.379 e. The van der Waals surface area contributed by atoms with E-state index in [0.717, 1.165) is 64.7 Å². The molecular formula is C17H25N5O2. The topological polar surface area (TPSA) is 61.8 Å². The second-order valence-electron chi connectivity index (χ2n) is 6.81. The molecular weight excluding hydrogens is 306 g/mol. The molecule has 7 heteroatoms. The Labute approximate surface area is 142 Å². The summed E-state index contributed by atoms with van der Waals surface area (Å²) in [5, 5.41) is 8.45. The molecule has 3 aliphatic heterocycles. The fraction of sp³-hybridized carbons (Fsp3) is 0.706. The lowest BCUT2D eigenvalue weighted by atomic mass is 10.2. The summed E-state index contributed by atoms with van der Waals surface area (Å²) in [5.74, 6) is 0.892. The van der Waals surface area contributed by atoms with Crippen molar-refractivity contribution in [2.24, 2.45) is 0 Å². The van der Waals surface area contributed by atoms with Gasteiger partial charge in [0.2, 0.25) is 0 Å². The molecule has 0 aliphatic carbocycles. The molecule has 130 valence electrons. The maximum atomic E-state index is 12.7. The van der Waals surface area contributed by atoms with E-state index >= 15 is 0 Å². The lowest BCUT2D eigenvalue weighted by Gasteiger charge is -2.32. The van der Waals surface area contributed by atoms with Crippen LogP contribution >= 0.6 is 0 Å². The molecule has 0 saturated carbocycles. The SMILES string of the molecule is O=C(c1ccc(N2CCCC2)nn1)N1CC[C@H](N2CCOCC2)C1. The Balaban J connectivity index is 1.37. The van der Waals surface area contributed by atoms with Crippen LogP contribution in [0.4, 0.5) is 5.82 Å². The molecule has 3 aliphatic rings. The maximum Gasteiger partial charge on any atom is 0.274 e. The Kier molecular flexibility index (Phi) is 4.62. The van der Waals surface area contributed by atoms with Gasteiger partial charge in [-0.25, -0.2) is 0 Å². The zero-order valence-electron chi connectivity index (χ0n) is 14.1. The first kappa shape index (κ1) is 15.8. The smallest absolute Gasteiger partial charge is 0.274 e. The van der Waals surface area contributed by atoms with E-state index < -0.39 is 0 Å². The summed E-state index contributed by atoms with van der Waals surface area (Å²) in [7, 11) is 0. The molecule has 0 bridgehead atoms. The van der Waals surface area contributed by atoms with E-state index in [4.69, 9.17) is 4.74 Å². The predicted octanol–water partition coefficient (Wildman–Crippen LogP) is 0.624. The van der Waals surface area contributed by atoms with Gasteiger partial charge >= 0.3 is 0 Å². The summed E-state index contributed by atoms with van der Waals surface area (Å²) in [5.41, 5.74) is 0.459. The first-order valence-electron chi connectivity index (χ1n) is 9.01. The zero-order chi connectivity index (χ0) is 16.4. The number of aromatic nitrogens is 2. The number of carbonyl (C=O) groups excluding carboxylic acids is 1. The molecule has 0 spiro atoms. The molecule has 1 aromatic heterocycles. The third-order valence-corrected chi connectivity index (χ3v) is 5.31. The number of amides is 1. The first-order chi connectivity index (χ1) is 11.8. The number of morpholine rings is 1. The van der Waals surface area contributed by atoms with Crippen LogP contribution < -0.4 is 4.90 Å². The average Bonchev–Trinajstić information content (AvgIpc) is 3.34. The van der Waals surface area contributed by atoms with Gasteiger partial charge in [0.05, 0.1) is 13.2 Å². The largest absolute Gasteiger partial charge is 0.379 e. The summed E-state index contributed by atoms with van der Waals surface area (Å²) in [6.07, 6.45) is 3.45. The number of carbonyl (C=O) groups is 1. The van der Waals surface area contributed by atoms with E-state index in [1.807, 2.05) is 17.0 Å². The number of nitrogens with zero attached hydrogens (tertiary/aromatic N) is 5. The van der Waals surface area contributed by atoms with Crippen molar-refractivity contribution in [2.75, 3.05) is 57.4 Å². The monoisotopic (exact) mass is 331 g/mol. The van der Waals surface area contributed by atoms with Crippen molar-refractivity contribution in [3.05, 3.63) is 17.8 Å². The first-order valence-corrected chi connectivity index (χ1v) is 9.01. The number of likely N-dealkylation sites (tertiary alicyclic amines) is 1. The molecule has 0 unspecified atom stereocenters. The van der Waals surface area contributed by atoms with E-state index in [1.165, 1.54) is 12.8 Å². The molecule has 0 aromatic carbocycles. The quantitative estimate of drug-likeness (QED) is 0.809. The minimum atomic E-state index is 0.00577. The number of rotatable bonds is 3. The Morgan fingerprint density at radius 2 is 1.83 bits per heavy atom. The highest BCUT2D eigenvalue weighted by atomic mass is 16.5. The summed E-state index contributed by atoms with van der Waals surface area (Å²) in [4.78, 5) is 19.3. The van der Waals surface area contributed by atoms with Gasteiger partial charge in [0.1, 0.15) is 0 Å². The van der Waals surface area contributed by atoms with Crippen LogP contribution in [0.5, 0.6) is 0 Å². The van der Waals surface area contributed by atoms with Gasteiger partial charge < -0.3 is 14.5 Å². The lowest BCUT2D eigenvalue weighted by Crippen LogP contribution is -2.45. The van der Waals surface area contributed by atoms with Crippen LogP contribution in [0.1, 0.15) is 29.8 Å². The number of ether oxygens (including phenoxy) is 1. The Bertz CT molecular complexity index is 567. The van der Waals surface area contributed by atoms with E-state index in [1.54, 1.807) is 0 Å². The summed E-state index contributed by atoms with van der Waals surface area (Å²) >= 11 is 0. The van der Waals surface area contributed by atoms with Crippen molar-refractivity contribution in [3.8, 4) is 0 Å². The maximum absolute atomic E-state index is 12.7. The molecule has 24 heavy (non-hydrogen) atoms. The molecule has 0 N–H and O–H groups in total. The second kappa shape index (κ2) is 7.03.